The Morgan fingerprint density at radius 1 is 0.800 bits per heavy atom. The van der Waals surface area contributed by atoms with Crippen LogP contribution in [0.4, 0.5) is 0 Å². The monoisotopic (exact) mass is 208 g/mol. The second kappa shape index (κ2) is 4.04. The zero-order chi connectivity index (χ0) is 10.7. The quantitative estimate of drug-likeness (QED) is 0.455. The third-order valence-corrected chi connectivity index (χ3v) is 3.19. The number of rotatable bonds is 0. The van der Waals surface area contributed by atoms with Gasteiger partial charge in [0.2, 0.25) is 0 Å². The van der Waals surface area contributed by atoms with Gasteiger partial charge < -0.3 is 21.3 Å². The van der Waals surface area contributed by atoms with Crippen LogP contribution in [0.15, 0.2) is 23.8 Å². The molecular formula is C11H20N4. The third-order valence-electron chi connectivity index (χ3n) is 3.19. The molecule has 4 nitrogen and oxygen atoms in total. The highest BCUT2D eigenvalue weighted by atomic mass is 15.2. The highest BCUT2D eigenvalue weighted by Gasteiger charge is 2.35. The minimum absolute atomic E-state index is 0.291. The fourth-order valence-electron chi connectivity index (χ4n) is 2.04. The summed E-state index contributed by atoms with van der Waals surface area (Å²) in [6.45, 7) is 8.19. The summed E-state index contributed by atoms with van der Waals surface area (Å²) in [5, 5.41) is 13.7. The molecule has 0 saturated carbocycles. The van der Waals surface area contributed by atoms with Crippen LogP contribution in [0.25, 0.3) is 0 Å². The molecule has 0 atom stereocenters. The summed E-state index contributed by atoms with van der Waals surface area (Å²) in [7, 11) is 0. The first-order chi connectivity index (χ1) is 7.28. The first-order valence-electron chi connectivity index (χ1n) is 5.56. The first kappa shape index (κ1) is 10.2. The Kier molecular flexibility index (Phi) is 2.75. The average Bonchev–Trinajstić information content (AvgIpc) is 2.31. The molecule has 4 N–H and O–H groups in total. The summed E-state index contributed by atoms with van der Waals surface area (Å²) in [4.78, 5) is 0. The number of allylic oxidation sites excluding steroid dienone is 2. The van der Waals surface area contributed by atoms with Crippen LogP contribution >= 0.6 is 0 Å². The van der Waals surface area contributed by atoms with Crippen molar-refractivity contribution in [2.24, 2.45) is 5.41 Å². The van der Waals surface area contributed by atoms with Crippen molar-refractivity contribution in [1.82, 2.24) is 21.3 Å². The lowest BCUT2D eigenvalue weighted by atomic mass is 9.84. The SMILES string of the molecule is CC=C1NCC2(CN1)CNC(=CC)NC2. The molecule has 0 amide bonds. The van der Waals surface area contributed by atoms with Crippen molar-refractivity contribution in [3.63, 3.8) is 0 Å². The molecule has 0 aromatic rings. The van der Waals surface area contributed by atoms with Crippen LogP contribution < -0.4 is 21.3 Å². The topological polar surface area (TPSA) is 48.1 Å². The van der Waals surface area contributed by atoms with Gasteiger partial charge in [-0.1, -0.05) is 0 Å². The van der Waals surface area contributed by atoms with Crippen LogP contribution in [0.5, 0.6) is 0 Å². The highest BCUT2D eigenvalue weighted by Crippen LogP contribution is 2.20. The minimum atomic E-state index is 0.291. The molecule has 15 heavy (non-hydrogen) atoms. The summed E-state index contributed by atoms with van der Waals surface area (Å²) < 4.78 is 0. The Hall–Kier alpha value is -1.32. The zero-order valence-electron chi connectivity index (χ0n) is 9.48. The molecule has 0 aliphatic carbocycles. The fourth-order valence-corrected chi connectivity index (χ4v) is 2.04. The summed E-state index contributed by atoms with van der Waals surface area (Å²) >= 11 is 0. The fraction of sp³-hybridized carbons (Fsp3) is 0.636. The van der Waals surface area contributed by atoms with Crippen molar-refractivity contribution in [2.75, 3.05) is 26.2 Å². The second-order valence-corrected chi connectivity index (χ2v) is 4.32. The summed E-state index contributed by atoms with van der Waals surface area (Å²) in [5.74, 6) is 2.30. The van der Waals surface area contributed by atoms with Crippen LogP contribution in [0.3, 0.4) is 0 Å². The maximum Gasteiger partial charge on any atom is 0.0942 e. The van der Waals surface area contributed by atoms with Crippen LogP contribution in [0, 0.1) is 5.41 Å². The second-order valence-electron chi connectivity index (χ2n) is 4.32. The Balaban J connectivity index is 1.94. The largest absolute Gasteiger partial charge is 0.371 e. The Morgan fingerprint density at radius 3 is 1.40 bits per heavy atom. The van der Waals surface area contributed by atoms with Gasteiger partial charge in [-0.3, -0.25) is 0 Å². The molecule has 0 bridgehead atoms. The number of nitrogens with one attached hydrogen (secondary N) is 4. The molecule has 0 unspecified atom stereocenters. The van der Waals surface area contributed by atoms with Crippen LogP contribution in [0.2, 0.25) is 0 Å². The number of hydrogen-bond donors (Lipinski definition) is 4. The van der Waals surface area contributed by atoms with E-state index in [2.05, 4.69) is 33.4 Å². The van der Waals surface area contributed by atoms with Crippen LogP contribution in [-0.4, -0.2) is 26.2 Å². The standard InChI is InChI=1S/C11H20N4/c1-3-9-12-5-11(6-13-9)7-14-10(4-2)15-8-11/h3-4,12-15H,5-8H2,1-2H3. The van der Waals surface area contributed by atoms with E-state index >= 15 is 0 Å². The molecule has 2 aliphatic heterocycles. The van der Waals surface area contributed by atoms with Gasteiger partial charge in [-0.25, -0.2) is 0 Å². The Bertz CT molecular complexity index is 239. The maximum absolute atomic E-state index is 3.41. The maximum atomic E-state index is 3.41. The highest BCUT2D eigenvalue weighted by molar-refractivity contribution is 5.10. The van der Waals surface area contributed by atoms with Crippen molar-refractivity contribution in [3.8, 4) is 0 Å². The molecule has 2 fully saturated rings. The van der Waals surface area contributed by atoms with Gasteiger partial charge in [-0.05, 0) is 26.0 Å². The lowest BCUT2D eigenvalue weighted by Crippen LogP contribution is -2.62. The molecule has 4 heteroatoms. The van der Waals surface area contributed by atoms with Crippen molar-refractivity contribution >= 4 is 0 Å². The third kappa shape index (κ3) is 2.03. The molecule has 2 aliphatic rings. The predicted octanol–water partition coefficient (Wildman–Crippen LogP) is 0.0810. The van der Waals surface area contributed by atoms with E-state index in [-0.39, 0.29) is 0 Å². The predicted molar refractivity (Wildman–Crippen MR) is 62.0 cm³/mol. The van der Waals surface area contributed by atoms with Gasteiger partial charge in [-0.2, -0.15) is 0 Å². The normalized spacial score (nSPS) is 29.7. The smallest absolute Gasteiger partial charge is 0.0942 e. The Labute approximate surface area is 91.2 Å². The lowest BCUT2D eigenvalue weighted by molar-refractivity contribution is 0.207. The van der Waals surface area contributed by atoms with E-state index in [4.69, 9.17) is 0 Å². The minimum Gasteiger partial charge on any atom is -0.371 e. The molecule has 0 aromatic heterocycles. The number of hydrogen-bond acceptors (Lipinski definition) is 4. The molecule has 2 rings (SSSR count). The average molecular weight is 208 g/mol. The summed E-state index contributed by atoms with van der Waals surface area (Å²) in [6, 6.07) is 0. The molecule has 84 valence electrons. The van der Waals surface area contributed by atoms with Gasteiger partial charge in [0.15, 0.2) is 0 Å². The van der Waals surface area contributed by atoms with Crippen molar-refractivity contribution in [1.29, 1.82) is 0 Å². The summed E-state index contributed by atoms with van der Waals surface area (Å²) in [6.07, 6.45) is 4.15. The lowest BCUT2D eigenvalue weighted by Gasteiger charge is -2.43. The van der Waals surface area contributed by atoms with Gasteiger partial charge in [0.25, 0.3) is 0 Å². The van der Waals surface area contributed by atoms with Gasteiger partial charge in [0.05, 0.1) is 11.6 Å². The van der Waals surface area contributed by atoms with E-state index in [1.54, 1.807) is 0 Å². The van der Waals surface area contributed by atoms with E-state index in [1.165, 1.54) is 0 Å². The molecule has 2 heterocycles. The van der Waals surface area contributed by atoms with Gasteiger partial charge >= 0.3 is 0 Å². The summed E-state index contributed by atoms with van der Waals surface area (Å²) in [5.41, 5.74) is 0.291. The molecule has 2 saturated heterocycles. The molecule has 0 aromatic carbocycles. The molecule has 0 radical (unpaired) electrons. The molecular weight excluding hydrogens is 188 g/mol. The van der Waals surface area contributed by atoms with Crippen LogP contribution in [-0.2, 0) is 0 Å². The zero-order valence-corrected chi connectivity index (χ0v) is 9.48. The van der Waals surface area contributed by atoms with Crippen LogP contribution in [0.1, 0.15) is 13.8 Å². The van der Waals surface area contributed by atoms with E-state index < -0.39 is 0 Å². The van der Waals surface area contributed by atoms with Gasteiger partial charge in [-0.15, -0.1) is 0 Å². The van der Waals surface area contributed by atoms with E-state index in [1.807, 2.05) is 13.8 Å². The van der Waals surface area contributed by atoms with E-state index in [9.17, 15) is 0 Å². The van der Waals surface area contributed by atoms with E-state index in [0.717, 1.165) is 37.8 Å². The van der Waals surface area contributed by atoms with Gasteiger partial charge in [0, 0.05) is 31.6 Å². The van der Waals surface area contributed by atoms with Crippen molar-refractivity contribution in [2.45, 2.75) is 13.8 Å². The Morgan fingerprint density at radius 2 is 1.13 bits per heavy atom. The van der Waals surface area contributed by atoms with Crippen molar-refractivity contribution < 1.29 is 0 Å². The van der Waals surface area contributed by atoms with Gasteiger partial charge in [0.1, 0.15) is 0 Å². The molecule has 1 spiro atoms. The first-order valence-corrected chi connectivity index (χ1v) is 5.56. The van der Waals surface area contributed by atoms with Crippen molar-refractivity contribution in [3.05, 3.63) is 23.8 Å². The van der Waals surface area contributed by atoms with E-state index in [0.29, 0.717) is 5.41 Å².